The van der Waals surface area contributed by atoms with E-state index in [2.05, 4.69) is 36.7 Å². The third kappa shape index (κ3) is 7.60. The summed E-state index contributed by atoms with van der Waals surface area (Å²) in [4.78, 5) is 21.7. The van der Waals surface area contributed by atoms with E-state index in [1.807, 2.05) is 11.8 Å². The molecule has 3 N–H and O–H groups in total. The molecule has 0 aromatic heterocycles. The van der Waals surface area contributed by atoms with Crippen LogP contribution in [-0.2, 0) is 4.79 Å². The second-order valence-electron chi connectivity index (χ2n) is 6.00. The molecule has 2 unspecified atom stereocenters. The fourth-order valence-electron chi connectivity index (χ4n) is 2.14. The maximum Gasteiger partial charge on any atom is 0.315 e. The van der Waals surface area contributed by atoms with Gasteiger partial charge in [-0.05, 0) is 18.8 Å². The van der Waals surface area contributed by atoms with Crippen LogP contribution in [0.3, 0.4) is 0 Å². The number of unbranched alkanes of at least 4 members (excludes halogenated alkanes) is 1. The van der Waals surface area contributed by atoms with E-state index in [0.717, 1.165) is 37.3 Å². The summed E-state index contributed by atoms with van der Waals surface area (Å²) in [6.07, 6.45) is 3.87. The molecule has 122 valence electrons. The van der Waals surface area contributed by atoms with E-state index in [9.17, 15) is 9.59 Å². The number of urea groups is 1. The first-order valence-corrected chi connectivity index (χ1v) is 9.09. The van der Waals surface area contributed by atoms with Crippen LogP contribution < -0.4 is 16.0 Å². The van der Waals surface area contributed by atoms with Crippen molar-refractivity contribution in [2.24, 2.45) is 5.92 Å². The zero-order valence-corrected chi connectivity index (χ0v) is 14.2. The van der Waals surface area contributed by atoms with Crippen LogP contribution >= 0.6 is 11.8 Å². The zero-order chi connectivity index (χ0) is 15.7. The summed E-state index contributed by atoms with van der Waals surface area (Å²) < 4.78 is 0. The molecule has 0 radical (unpaired) electrons. The Labute approximate surface area is 132 Å². The Kier molecular flexibility index (Phi) is 8.57. The molecule has 2 aliphatic heterocycles. The third-order valence-electron chi connectivity index (χ3n) is 3.51. The van der Waals surface area contributed by atoms with E-state index in [0.29, 0.717) is 24.4 Å². The van der Waals surface area contributed by atoms with Crippen LogP contribution in [0.1, 0.15) is 46.5 Å². The smallest absolute Gasteiger partial charge is 0.315 e. The van der Waals surface area contributed by atoms with Gasteiger partial charge in [-0.15, -0.1) is 0 Å². The second kappa shape index (κ2) is 9.92. The van der Waals surface area contributed by atoms with Crippen LogP contribution in [0.15, 0.2) is 0 Å². The number of hydrogen-bond donors (Lipinski definition) is 3. The van der Waals surface area contributed by atoms with Gasteiger partial charge in [-0.2, -0.15) is 11.8 Å². The first kappa shape index (κ1) is 18.1. The van der Waals surface area contributed by atoms with Crippen LogP contribution in [0.4, 0.5) is 4.79 Å². The van der Waals surface area contributed by atoms with Gasteiger partial charge in [0.2, 0.25) is 5.91 Å². The molecule has 0 aliphatic carbocycles. The van der Waals surface area contributed by atoms with Gasteiger partial charge in [-0.25, -0.2) is 4.79 Å². The first-order chi connectivity index (χ1) is 10.0. The Bertz CT molecular complexity index is 323. The molecule has 2 atom stereocenters. The number of rotatable bonds is 6. The number of fused-ring (bicyclic) bond motifs is 1. The molecule has 2 aliphatic rings. The van der Waals surface area contributed by atoms with Crippen LogP contribution in [0.25, 0.3) is 0 Å². The zero-order valence-electron chi connectivity index (χ0n) is 13.4. The minimum atomic E-state index is 0.00491. The molecule has 2 saturated heterocycles. The Morgan fingerprint density at radius 2 is 1.95 bits per heavy atom. The topological polar surface area (TPSA) is 70.2 Å². The maximum atomic E-state index is 11.1. The highest BCUT2D eigenvalue weighted by Crippen LogP contribution is 2.20. The van der Waals surface area contributed by atoms with Gasteiger partial charge in [0, 0.05) is 24.5 Å². The number of carbonyl (C=O) groups excluding carboxylic acids is 2. The monoisotopic (exact) mass is 315 g/mol. The third-order valence-corrected chi connectivity index (χ3v) is 4.70. The molecule has 0 spiro atoms. The fraction of sp³-hybridized carbons (Fsp3) is 0.867. The Morgan fingerprint density at radius 3 is 2.48 bits per heavy atom. The van der Waals surface area contributed by atoms with Crippen molar-refractivity contribution in [3.63, 3.8) is 0 Å². The van der Waals surface area contributed by atoms with Gasteiger partial charge in [0.05, 0.1) is 12.1 Å². The summed E-state index contributed by atoms with van der Waals surface area (Å²) in [5.41, 5.74) is 0. The van der Waals surface area contributed by atoms with Crippen molar-refractivity contribution in [1.29, 1.82) is 0 Å². The molecule has 2 fully saturated rings. The standard InChI is InChI=1S/C10H21NO.C5H8N2OS/c1-4-5-6-10(12)11-8-7-9(2)3;8-5-6-3-1-9-2-4(3)7-5/h9H,4-8H2,1-3H3,(H,11,12);3-4H,1-2H2,(H2,6,7,8). The van der Waals surface area contributed by atoms with E-state index < -0.39 is 0 Å². The lowest BCUT2D eigenvalue weighted by atomic mass is 10.1. The van der Waals surface area contributed by atoms with E-state index in [4.69, 9.17) is 0 Å². The molecule has 21 heavy (non-hydrogen) atoms. The molecule has 3 amide bonds. The first-order valence-electron chi connectivity index (χ1n) is 7.94. The molecule has 0 aromatic rings. The summed E-state index contributed by atoms with van der Waals surface area (Å²) in [5.74, 6) is 3.03. The Balaban J connectivity index is 0.000000216. The van der Waals surface area contributed by atoms with Crippen LogP contribution in [0.2, 0.25) is 0 Å². The number of nitrogens with one attached hydrogen (secondary N) is 3. The van der Waals surface area contributed by atoms with E-state index in [1.165, 1.54) is 0 Å². The highest BCUT2D eigenvalue weighted by Gasteiger charge is 2.35. The van der Waals surface area contributed by atoms with Gasteiger partial charge in [0.15, 0.2) is 0 Å². The molecule has 2 rings (SSSR count). The Hall–Kier alpha value is -0.910. The highest BCUT2D eigenvalue weighted by molar-refractivity contribution is 7.99. The average Bonchev–Trinajstić information content (AvgIpc) is 2.96. The van der Waals surface area contributed by atoms with Crippen LogP contribution in [-0.4, -0.2) is 42.1 Å². The highest BCUT2D eigenvalue weighted by atomic mass is 32.2. The number of carbonyl (C=O) groups is 2. The van der Waals surface area contributed by atoms with Gasteiger partial charge in [-0.1, -0.05) is 27.2 Å². The van der Waals surface area contributed by atoms with Crippen molar-refractivity contribution in [1.82, 2.24) is 16.0 Å². The second-order valence-corrected chi connectivity index (χ2v) is 7.08. The molecule has 6 heteroatoms. The van der Waals surface area contributed by atoms with Crippen molar-refractivity contribution in [3.05, 3.63) is 0 Å². The largest absolute Gasteiger partial charge is 0.356 e. The van der Waals surface area contributed by atoms with Gasteiger partial charge in [-0.3, -0.25) is 4.79 Å². The van der Waals surface area contributed by atoms with Crippen molar-refractivity contribution in [2.75, 3.05) is 18.1 Å². The van der Waals surface area contributed by atoms with Crippen LogP contribution in [0, 0.1) is 5.92 Å². The predicted molar refractivity (Wildman–Crippen MR) is 88.6 cm³/mol. The number of amides is 3. The summed E-state index contributed by atoms with van der Waals surface area (Å²) in [6, 6.07) is 0.815. The predicted octanol–water partition coefficient (Wildman–Crippen LogP) is 2.12. The quantitative estimate of drug-likeness (QED) is 0.658. The SMILES string of the molecule is CCCCC(=O)NCCC(C)C.O=C1NC2CSCC2N1. The van der Waals surface area contributed by atoms with E-state index >= 15 is 0 Å². The number of hydrogen-bond acceptors (Lipinski definition) is 3. The van der Waals surface area contributed by atoms with E-state index in [-0.39, 0.29) is 11.9 Å². The van der Waals surface area contributed by atoms with Gasteiger partial charge < -0.3 is 16.0 Å². The maximum absolute atomic E-state index is 11.1. The summed E-state index contributed by atoms with van der Waals surface area (Å²) in [6.45, 7) is 7.26. The van der Waals surface area contributed by atoms with Crippen molar-refractivity contribution in [3.8, 4) is 0 Å². The van der Waals surface area contributed by atoms with Crippen LogP contribution in [0.5, 0.6) is 0 Å². The van der Waals surface area contributed by atoms with Gasteiger partial charge in [0.1, 0.15) is 0 Å². The van der Waals surface area contributed by atoms with E-state index in [1.54, 1.807) is 0 Å². The lowest BCUT2D eigenvalue weighted by Gasteiger charge is -2.06. The van der Waals surface area contributed by atoms with Crippen molar-refractivity contribution < 1.29 is 9.59 Å². The molecular formula is C15H29N3O2S. The van der Waals surface area contributed by atoms with Crippen molar-refractivity contribution in [2.45, 2.75) is 58.5 Å². The summed E-state index contributed by atoms with van der Waals surface area (Å²) in [5, 5.41) is 8.60. The van der Waals surface area contributed by atoms with Crippen molar-refractivity contribution >= 4 is 23.7 Å². The molecule has 5 nitrogen and oxygen atoms in total. The molecule has 2 heterocycles. The number of thioether (sulfide) groups is 1. The average molecular weight is 315 g/mol. The summed E-state index contributed by atoms with van der Waals surface area (Å²) in [7, 11) is 0. The van der Waals surface area contributed by atoms with Gasteiger partial charge >= 0.3 is 6.03 Å². The lowest BCUT2D eigenvalue weighted by Crippen LogP contribution is -2.31. The summed E-state index contributed by atoms with van der Waals surface area (Å²) >= 11 is 1.89. The lowest BCUT2D eigenvalue weighted by molar-refractivity contribution is -0.121. The normalized spacial score (nSPS) is 23.0. The fourth-order valence-corrected chi connectivity index (χ4v) is 3.42. The molecule has 0 saturated carbocycles. The molecular weight excluding hydrogens is 286 g/mol. The van der Waals surface area contributed by atoms with Gasteiger partial charge in [0.25, 0.3) is 0 Å². The minimum Gasteiger partial charge on any atom is -0.356 e. The molecule has 0 bridgehead atoms. The molecule has 0 aromatic carbocycles. The Morgan fingerprint density at radius 1 is 1.33 bits per heavy atom. The minimum absolute atomic E-state index is 0.00491.